The molecule has 0 bridgehead atoms. The van der Waals surface area contributed by atoms with E-state index in [2.05, 4.69) is 18.7 Å². The van der Waals surface area contributed by atoms with E-state index in [9.17, 15) is 4.79 Å². The van der Waals surface area contributed by atoms with Crippen molar-refractivity contribution in [3.05, 3.63) is 0 Å². The van der Waals surface area contributed by atoms with Crippen LogP contribution in [0.25, 0.3) is 0 Å². The molecule has 1 saturated heterocycles. The Kier molecular flexibility index (Phi) is 3.15. The van der Waals surface area contributed by atoms with E-state index in [0.717, 1.165) is 31.8 Å². The summed E-state index contributed by atoms with van der Waals surface area (Å²) >= 11 is 0. The topological polar surface area (TPSA) is 20.3 Å². The van der Waals surface area contributed by atoms with Crippen LogP contribution in [0.4, 0.5) is 0 Å². The maximum atomic E-state index is 11.3. The van der Waals surface area contributed by atoms with Crippen LogP contribution in [-0.4, -0.2) is 29.3 Å². The van der Waals surface area contributed by atoms with Crippen molar-refractivity contribution in [1.82, 2.24) is 4.90 Å². The molecule has 0 N–H and O–H groups in total. The van der Waals surface area contributed by atoms with Gasteiger partial charge >= 0.3 is 0 Å². The van der Waals surface area contributed by atoms with E-state index in [0.29, 0.717) is 11.3 Å². The summed E-state index contributed by atoms with van der Waals surface area (Å²) in [6, 6.07) is 0. The van der Waals surface area contributed by atoms with Gasteiger partial charge in [0.2, 0.25) is 0 Å². The van der Waals surface area contributed by atoms with Gasteiger partial charge in [0, 0.05) is 31.5 Å². The number of nitrogens with zero attached hydrogens (tertiary/aromatic N) is 1. The molecule has 1 aliphatic heterocycles. The van der Waals surface area contributed by atoms with Gasteiger partial charge in [0.1, 0.15) is 5.78 Å². The Morgan fingerprint density at radius 1 is 1.27 bits per heavy atom. The minimum atomic E-state index is 0.374. The van der Waals surface area contributed by atoms with Gasteiger partial charge in [0.25, 0.3) is 0 Å². The molecule has 86 valence electrons. The van der Waals surface area contributed by atoms with E-state index < -0.39 is 0 Å². The normalized spacial score (nSPS) is 39.3. The first-order chi connectivity index (χ1) is 7.13. The molecule has 2 unspecified atom stereocenters. The number of ketones is 1. The highest BCUT2D eigenvalue weighted by Crippen LogP contribution is 2.38. The number of hydrogen-bond acceptors (Lipinski definition) is 2. The van der Waals surface area contributed by atoms with Crippen LogP contribution in [0.1, 0.15) is 52.4 Å². The smallest absolute Gasteiger partial charge is 0.135 e. The van der Waals surface area contributed by atoms with Gasteiger partial charge in [-0.15, -0.1) is 0 Å². The fraction of sp³-hybridized carbons (Fsp3) is 0.923. The zero-order valence-corrected chi connectivity index (χ0v) is 10.1. The molecule has 1 saturated carbocycles. The molecule has 2 nitrogen and oxygen atoms in total. The van der Waals surface area contributed by atoms with Crippen molar-refractivity contribution in [3.63, 3.8) is 0 Å². The van der Waals surface area contributed by atoms with Crippen LogP contribution in [0, 0.1) is 5.92 Å². The van der Waals surface area contributed by atoms with Gasteiger partial charge in [-0.2, -0.15) is 0 Å². The molecule has 2 rings (SSSR count). The summed E-state index contributed by atoms with van der Waals surface area (Å²) in [5.74, 6) is 1.25. The predicted octanol–water partition coefficient (Wildman–Crippen LogP) is 2.62. The Hall–Kier alpha value is -0.370. The number of hydrogen-bond donors (Lipinski definition) is 0. The number of carbonyl (C=O) groups is 1. The van der Waals surface area contributed by atoms with E-state index in [4.69, 9.17) is 0 Å². The molecule has 15 heavy (non-hydrogen) atoms. The number of Topliss-reactive ketones (excluding diaryl/α,β-unsaturated/α-hetero) is 1. The molecular weight excluding hydrogens is 186 g/mol. The van der Waals surface area contributed by atoms with E-state index in [-0.39, 0.29) is 0 Å². The summed E-state index contributed by atoms with van der Waals surface area (Å²) in [7, 11) is 0. The van der Waals surface area contributed by atoms with Crippen molar-refractivity contribution in [1.29, 1.82) is 0 Å². The summed E-state index contributed by atoms with van der Waals surface area (Å²) < 4.78 is 0. The molecule has 2 atom stereocenters. The molecule has 1 heterocycles. The maximum Gasteiger partial charge on any atom is 0.135 e. The summed E-state index contributed by atoms with van der Waals surface area (Å²) in [6.07, 6.45) is 7.00. The largest absolute Gasteiger partial charge is 0.300 e. The van der Waals surface area contributed by atoms with Gasteiger partial charge in [-0.3, -0.25) is 9.69 Å². The first-order valence-corrected chi connectivity index (χ1v) is 6.40. The zero-order chi connectivity index (χ0) is 10.9. The standard InChI is InChI=1S/C13H23NO/c1-11-5-3-4-8-13(11,2)14-9-6-12(15)7-10-14/h11H,3-10H2,1-2H3. The molecular formula is C13H23NO. The average Bonchev–Trinajstić information content (AvgIpc) is 2.23. The van der Waals surface area contributed by atoms with Crippen LogP contribution in [0.2, 0.25) is 0 Å². The second-order valence-corrected chi connectivity index (χ2v) is 5.53. The van der Waals surface area contributed by atoms with Gasteiger partial charge < -0.3 is 0 Å². The van der Waals surface area contributed by atoms with E-state index in [1.165, 1.54) is 25.7 Å². The number of piperidine rings is 1. The van der Waals surface area contributed by atoms with Crippen LogP contribution >= 0.6 is 0 Å². The highest BCUT2D eigenvalue weighted by Gasteiger charge is 2.39. The first kappa shape index (κ1) is 11.1. The summed E-state index contributed by atoms with van der Waals surface area (Å²) in [5.41, 5.74) is 0.374. The Balaban J connectivity index is 2.03. The Bertz CT molecular complexity index is 241. The SMILES string of the molecule is CC1CCCCC1(C)N1CCC(=O)CC1. The van der Waals surface area contributed by atoms with Crippen molar-refractivity contribution >= 4 is 5.78 Å². The highest BCUT2D eigenvalue weighted by atomic mass is 16.1. The van der Waals surface area contributed by atoms with Crippen molar-refractivity contribution in [3.8, 4) is 0 Å². The van der Waals surface area contributed by atoms with Gasteiger partial charge in [0.05, 0.1) is 0 Å². The first-order valence-electron chi connectivity index (χ1n) is 6.40. The van der Waals surface area contributed by atoms with E-state index >= 15 is 0 Å². The van der Waals surface area contributed by atoms with Gasteiger partial charge in [-0.05, 0) is 25.7 Å². The minimum Gasteiger partial charge on any atom is -0.300 e. The van der Waals surface area contributed by atoms with Gasteiger partial charge in [-0.25, -0.2) is 0 Å². The molecule has 0 aromatic carbocycles. The molecule has 2 fully saturated rings. The lowest BCUT2D eigenvalue weighted by Gasteiger charge is -2.49. The lowest BCUT2D eigenvalue weighted by molar-refractivity contribution is -0.123. The van der Waals surface area contributed by atoms with Crippen LogP contribution in [-0.2, 0) is 4.79 Å². The number of carbonyl (C=O) groups excluding carboxylic acids is 1. The summed E-state index contributed by atoms with van der Waals surface area (Å²) in [6.45, 7) is 6.79. The third-order valence-electron chi connectivity index (χ3n) is 4.68. The summed E-state index contributed by atoms with van der Waals surface area (Å²) in [5, 5.41) is 0. The Morgan fingerprint density at radius 3 is 2.53 bits per heavy atom. The molecule has 0 amide bonds. The maximum absolute atomic E-state index is 11.3. The molecule has 0 aromatic rings. The fourth-order valence-electron chi connectivity index (χ4n) is 3.23. The molecule has 1 aliphatic carbocycles. The van der Waals surface area contributed by atoms with Crippen LogP contribution in [0.3, 0.4) is 0 Å². The summed E-state index contributed by atoms with van der Waals surface area (Å²) in [4.78, 5) is 13.8. The number of likely N-dealkylation sites (tertiary alicyclic amines) is 1. The molecule has 0 radical (unpaired) electrons. The molecule has 0 spiro atoms. The second kappa shape index (κ2) is 4.25. The molecule has 2 heteroatoms. The van der Waals surface area contributed by atoms with E-state index in [1.54, 1.807) is 0 Å². The Labute approximate surface area is 93.0 Å². The fourth-order valence-corrected chi connectivity index (χ4v) is 3.23. The Morgan fingerprint density at radius 2 is 1.93 bits per heavy atom. The van der Waals surface area contributed by atoms with Crippen LogP contribution in [0.15, 0.2) is 0 Å². The zero-order valence-electron chi connectivity index (χ0n) is 10.1. The van der Waals surface area contributed by atoms with Gasteiger partial charge in [-0.1, -0.05) is 19.8 Å². The molecule has 2 aliphatic rings. The third-order valence-corrected chi connectivity index (χ3v) is 4.68. The van der Waals surface area contributed by atoms with Gasteiger partial charge in [0.15, 0.2) is 0 Å². The average molecular weight is 209 g/mol. The van der Waals surface area contributed by atoms with Crippen LogP contribution < -0.4 is 0 Å². The third kappa shape index (κ3) is 2.10. The lowest BCUT2D eigenvalue weighted by Crippen LogP contribution is -2.55. The minimum absolute atomic E-state index is 0.374. The van der Waals surface area contributed by atoms with Crippen LogP contribution in [0.5, 0.6) is 0 Å². The quantitative estimate of drug-likeness (QED) is 0.661. The monoisotopic (exact) mass is 209 g/mol. The molecule has 0 aromatic heterocycles. The predicted molar refractivity (Wildman–Crippen MR) is 61.9 cm³/mol. The lowest BCUT2D eigenvalue weighted by atomic mass is 9.73. The van der Waals surface area contributed by atoms with E-state index in [1.807, 2.05) is 0 Å². The van der Waals surface area contributed by atoms with Crippen molar-refractivity contribution in [2.45, 2.75) is 57.9 Å². The number of rotatable bonds is 1. The highest BCUT2D eigenvalue weighted by molar-refractivity contribution is 5.79. The van der Waals surface area contributed by atoms with Crippen molar-refractivity contribution in [2.24, 2.45) is 5.92 Å². The second-order valence-electron chi connectivity index (χ2n) is 5.53. The van der Waals surface area contributed by atoms with Crippen molar-refractivity contribution in [2.75, 3.05) is 13.1 Å². The van der Waals surface area contributed by atoms with Crippen molar-refractivity contribution < 1.29 is 4.79 Å².